The maximum Gasteiger partial charge on any atom is 0.170 e. The fraction of sp³-hybridized carbons (Fsp3) is 0.350. The van der Waals surface area contributed by atoms with E-state index in [0.717, 1.165) is 31.5 Å². The standard InChI is InChI=1S/C20H21NO3/c22-18-13-20(8-10-21-11-9-20)24-19-7-6-16(12-17(18)19)23-14-15-4-2-1-3-5-15/h1-7,12,21H,8-11,13-14H2. The fourth-order valence-electron chi connectivity index (χ4n) is 3.47. The Morgan fingerprint density at radius 1 is 1.08 bits per heavy atom. The monoisotopic (exact) mass is 323 g/mol. The van der Waals surface area contributed by atoms with Crippen LogP contribution in [0, 0.1) is 0 Å². The van der Waals surface area contributed by atoms with Crippen molar-refractivity contribution >= 4 is 5.78 Å². The van der Waals surface area contributed by atoms with Crippen molar-refractivity contribution in [1.29, 1.82) is 0 Å². The molecule has 0 atom stereocenters. The molecule has 124 valence electrons. The highest BCUT2D eigenvalue weighted by Crippen LogP contribution is 2.39. The fourth-order valence-corrected chi connectivity index (χ4v) is 3.47. The molecule has 2 aromatic rings. The molecule has 4 rings (SSSR count). The molecular weight excluding hydrogens is 302 g/mol. The topological polar surface area (TPSA) is 47.6 Å². The van der Waals surface area contributed by atoms with Crippen LogP contribution in [0.1, 0.15) is 35.2 Å². The van der Waals surface area contributed by atoms with Crippen LogP contribution in [0.4, 0.5) is 0 Å². The first-order chi connectivity index (χ1) is 11.7. The third-order valence-electron chi connectivity index (χ3n) is 4.82. The number of fused-ring (bicyclic) bond motifs is 1. The number of hydrogen-bond donors (Lipinski definition) is 1. The first kappa shape index (κ1) is 15.2. The van der Waals surface area contributed by atoms with E-state index in [0.29, 0.717) is 30.1 Å². The molecule has 4 heteroatoms. The predicted molar refractivity (Wildman–Crippen MR) is 91.6 cm³/mol. The number of Topliss-reactive ketones (excluding diaryl/α,β-unsaturated/α-hetero) is 1. The van der Waals surface area contributed by atoms with Gasteiger partial charge in [0.15, 0.2) is 5.78 Å². The molecule has 2 aliphatic rings. The van der Waals surface area contributed by atoms with Crippen molar-refractivity contribution in [2.24, 2.45) is 0 Å². The summed E-state index contributed by atoms with van der Waals surface area (Å²) in [6.07, 6.45) is 2.22. The Hall–Kier alpha value is -2.33. The first-order valence-corrected chi connectivity index (χ1v) is 8.48. The average Bonchev–Trinajstić information content (AvgIpc) is 2.62. The summed E-state index contributed by atoms with van der Waals surface area (Å²) in [7, 11) is 0. The number of hydrogen-bond acceptors (Lipinski definition) is 4. The largest absolute Gasteiger partial charge is 0.489 e. The van der Waals surface area contributed by atoms with Crippen LogP contribution in [-0.2, 0) is 6.61 Å². The normalized spacial score (nSPS) is 18.8. The molecule has 0 saturated carbocycles. The van der Waals surface area contributed by atoms with Gasteiger partial charge in [-0.2, -0.15) is 0 Å². The number of nitrogens with one attached hydrogen (secondary N) is 1. The van der Waals surface area contributed by atoms with Gasteiger partial charge in [-0.15, -0.1) is 0 Å². The van der Waals surface area contributed by atoms with E-state index in [9.17, 15) is 4.79 Å². The summed E-state index contributed by atoms with van der Waals surface area (Å²) in [6.45, 7) is 2.30. The summed E-state index contributed by atoms with van der Waals surface area (Å²) in [5.74, 6) is 1.55. The Kier molecular flexibility index (Phi) is 3.98. The number of ketones is 1. The van der Waals surface area contributed by atoms with E-state index in [1.807, 2.05) is 48.5 Å². The highest BCUT2D eigenvalue weighted by Gasteiger charge is 2.41. The van der Waals surface area contributed by atoms with Crippen LogP contribution in [0.15, 0.2) is 48.5 Å². The molecule has 0 bridgehead atoms. The third kappa shape index (κ3) is 3.02. The van der Waals surface area contributed by atoms with Crippen molar-refractivity contribution < 1.29 is 14.3 Å². The van der Waals surface area contributed by atoms with Crippen molar-refractivity contribution in [1.82, 2.24) is 5.32 Å². The lowest BCUT2D eigenvalue weighted by Crippen LogP contribution is -2.49. The number of ether oxygens (including phenoxy) is 2. The molecule has 1 fully saturated rings. The SMILES string of the molecule is O=C1CC2(CCNCC2)Oc2ccc(OCc3ccccc3)cc21. The van der Waals surface area contributed by atoms with Crippen LogP contribution in [0.3, 0.4) is 0 Å². The highest BCUT2D eigenvalue weighted by atomic mass is 16.5. The van der Waals surface area contributed by atoms with Crippen LogP contribution in [-0.4, -0.2) is 24.5 Å². The van der Waals surface area contributed by atoms with Gasteiger partial charge in [-0.25, -0.2) is 0 Å². The van der Waals surface area contributed by atoms with E-state index in [1.54, 1.807) is 0 Å². The Bertz CT molecular complexity index is 736. The molecule has 0 aromatic heterocycles. The summed E-state index contributed by atoms with van der Waals surface area (Å²) in [5, 5.41) is 3.33. The molecule has 1 spiro atoms. The molecule has 2 heterocycles. The van der Waals surface area contributed by atoms with Crippen molar-refractivity contribution in [3.63, 3.8) is 0 Å². The van der Waals surface area contributed by atoms with Gasteiger partial charge in [0.1, 0.15) is 23.7 Å². The number of carbonyl (C=O) groups is 1. The van der Waals surface area contributed by atoms with Gasteiger partial charge >= 0.3 is 0 Å². The highest BCUT2D eigenvalue weighted by molar-refractivity contribution is 6.00. The van der Waals surface area contributed by atoms with E-state index in [4.69, 9.17) is 9.47 Å². The zero-order chi connectivity index (χ0) is 16.4. The van der Waals surface area contributed by atoms with Crippen LogP contribution >= 0.6 is 0 Å². The zero-order valence-electron chi connectivity index (χ0n) is 13.6. The second kappa shape index (κ2) is 6.29. The number of benzene rings is 2. The first-order valence-electron chi connectivity index (χ1n) is 8.48. The van der Waals surface area contributed by atoms with Gasteiger partial charge in [-0.3, -0.25) is 4.79 Å². The van der Waals surface area contributed by atoms with Gasteiger partial charge < -0.3 is 14.8 Å². The Morgan fingerprint density at radius 3 is 2.67 bits per heavy atom. The Labute approximate surface area is 141 Å². The van der Waals surface area contributed by atoms with Gasteiger partial charge in [0.2, 0.25) is 0 Å². The summed E-state index contributed by atoms with van der Waals surface area (Å²) in [4.78, 5) is 12.6. The van der Waals surface area contributed by atoms with Gasteiger partial charge in [0.25, 0.3) is 0 Å². The summed E-state index contributed by atoms with van der Waals surface area (Å²) >= 11 is 0. The molecule has 1 N–H and O–H groups in total. The summed E-state index contributed by atoms with van der Waals surface area (Å²) in [6, 6.07) is 15.6. The van der Waals surface area contributed by atoms with Crippen LogP contribution in [0.5, 0.6) is 11.5 Å². The maximum atomic E-state index is 12.6. The number of carbonyl (C=O) groups excluding carboxylic acids is 1. The molecule has 0 aliphatic carbocycles. The van der Waals surface area contributed by atoms with Crippen LogP contribution in [0.2, 0.25) is 0 Å². The molecule has 0 amide bonds. The molecule has 0 unspecified atom stereocenters. The van der Waals surface area contributed by atoms with Gasteiger partial charge in [-0.05, 0) is 36.9 Å². The van der Waals surface area contributed by atoms with Gasteiger partial charge in [0.05, 0.1) is 12.0 Å². The smallest absolute Gasteiger partial charge is 0.170 e. The maximum absolute atomic E-state index is 12.6. The summed E-state index contributed by atoms with van der Waals surface area (Å²) in [5.41, 5.74) is 1.43. The van der Waals surface area contributed by atoms with Gasteiger partial charge in [0, 0.05) is 12.8 Å². The van der Waals surface area contributed by atoms with E-state index < -0.39 is 0 Å². The quantitative estimate of drug-likeness (QED) is 0.941. The average molecular weight is 323 g/mol. The van der Waals surface area contributed by atoms with Crippen molar-refractivity contribution in [2.45, 2.75) is 31.5 Å². The molecule has 1 saturated heterocycles. The lowest BCUT2D eigenvalue weighted by atomic mass is 9.83. The minimum absolute atomic E-state index is 0.156. The minimum Gasteiger partial charge on any atom is -0.489 e. The molecule has 4 nitrogen and oxygen atoms in total. The molecular formula is C20H21NO3. The van der Waals surface area contributed by atoms with E-state index in [2.05, 4.69) is 5.32 Å². The van der Waals surface area contributed by atoms with E-state index in [1.165, 1.54) is 0 Å². The predicted octanol–water partition coefficient (Wildman–Crippen LogP) is 3.35. The Balaban J connectivity index is 1.51. The molecule has 24 heavy (non-hydrogen) atoms. The van der Waals surface area contributed by atoms with Crippen molar-refractivity contribution in [2.75, 3.05) is 13.1 Å². The van der Waals surface area contributed by atoms with E-state index in [-0.39, 0.29) is 11.4 Å². The molecule has 2 aromatic carbocycles. The van der Waals surface area contributed by atoms with Crippen molar-refractivity contribution in [3.05, 3.63) is 59.7 Å². The third-order valence-corrected chi connectivity index (χ3v) is 4.82. The Morgan fingerprint density at radius 2 is 1.88 bits per heavy atom. The summed E-state index contributed by atoms with van der Waals surface area (Å²) < 4.78 is 12.1. The van der Waals surface area contributed by atoms with Crippen LogP contribution in [0.25, 0.3) is 0 Å². The number of rotatable bonds is 3. The molecule has 2 aliphatic heterocycles. The van der Waals surface area contributed by atoms with Gasteiger partial charge in [-0.1, -0.05) is 30.3 Å². The number of piperidine rings is 1. The lowest BCUT2D eigenvalue weighted by Gasteiger charge is -2.40. The second-order valence-corrected chi connectivity index (χ2v) is 6.57. The van der Waals surface area contributed by atoms with Crippen molar-refractivity contribution in [3.8, 4) is 11.5 Å². The minimum atomic E-state index is -0.318. The zero-order valence-corrected chi connectivity index (χ0v) is 13.6. The second-order valence-electron chi connectivity index (χ2n) is 6.57. The molecule has 0 radical (unpaired) electrons. The van der Waals surface area contributed by atoms with E-state index >= 15 is 0 Å². The van der Waals surface area contributed by atoms with Crippen LogP contribution < -0.4 is 14.8 Å². The lowest BCUT2D eigenvalue weighted by molar-refractivity contribution is 0.0186.